The van der Waals surface area contributed by atoms with Crippen LogP contribution in [0, 0.1) is 0 Å². The lowest BCUT2D eigenvalue weighted by Gasteiger charge is -2.29. The van der Waals surface area contributed by atoms with Crippen molar-refractivity contribution >= 4 is 17.8 Å². The number of hydrogen-bond acceptors (Lipinski definition) is 4. The first-order valence-electron chi connectivity index (χ1n) is 6.92. The third kappa shape index (κ3) is 3.62. The van der Waals surface area contributed by atoms with E-state index in [4.69, 9.17) is 9.52 Å². The number of carbonyl (C=O) groups is 3. The molecule has 2 amide bonds. The molecule has 0 aromatic carbocycles. The highest BCUT2D eigenvalue weighted by Crippen LogP contribution is 2.11. The lowest BCUT2D eigenvalue weighted by atomic mass is 10.1. The molecule has 114 valence electrons. The maximum absolute atomic E-state index is 12.2. The number of nitrogens with one attached hydrogen (secondary N) is 1. The normalized spacial score (nSPS) is 16.3. The maximum Gasteiger partial charge on any atom is 0.371 e. The predicted molar refractivity (Wildman–Crippen MR) is 73.0 cm³/mol. The number of carbonyl (C=O) groups excluding carboxylic acids is 2. The van der Waals surface area contributed by atoms with E-state index in [1.807, 2.05) is 0 Å². The van der Waals surface area contributed by atoms with E-state index in [9.17, 15) is 14.4 Å². The second-order valence-corrected chi connectivity index (χ2v) is 5.05. The van der Waals surface area contributed by atoms with Gasteiger partial charge in [0.25, 0.3) is 5.91 Å². The van der Waals surface area contributed by atoms with Crippen molar-refractivity contribution in [3.8, 4) is 0 Å². The first kappa shape index (κ1) is 15.1. The molecule has 7 nitrogen and oxygen atoms in total. The third-order valence-electron chi connectivity index (χ3n) is 3.43. The minimum absolute atomic E-state index is 0.120. The molecule has 1 saturated heterocycles. The zero-order chi connectivity index (χ0) is 15.4. The van der Waals surface area contributed by atoms with Crippen LogP contribution >= 0.6 is 0 Å². The van der Waals surface area contributed by atoms with Crippen LogP contribution in [0.4, 0.5) is 0 Å². The fraction of sp³-hybridized carbons (Fsp3) is 0.500. The second-order valence-electron chi connectivity index (χ2n) is 5.05. The molecule has 1 aromatic heterocycles. The molecule has 2 N–H and O–H groups in total. The number of piperidine rings is 1. The summed E-state index contributed by atoms with van der Waals surface area (Å²) in [5, 5.41) is 11.3. The minimum atomic E-state index is -1.24. The Morgan fingerprint density at radius 2 is 1.81 bits per heavy atom. The number of likely N-dealkylation sites (tertiary alicyclic amines) is 1. The van der Waals surface area contributed by atoms with Crippen LogP contribution in [0.2, 0.25) is 0 Å². The molecule has 21 heavy (non-hydrogen) atoms. The zero-order valence-corrected chi connectivity index (χ0v) is 11.8. The van der Waals surface area contributed by atoms with Crippen molar-refractivity contribution in [1.29, 1.82) is 0 Å². The van der Waals surface area contributed by atoms with Gasteiger partial charge in [-0.3, -0.25) is 9.59 Å². The van der Waals surface area contributed by atoms with Gasteiger partial charge < -0.3 is 19.7 Å². The summed E-state index contributed by atoms with van der Waals surface area (Å²) in [4.78, 5) is 36.5. The SMILES string of the molecule is CC(NC(=O)c1ccc(C(=O)O)o1)C(=O)N1CCCCC1. The highest BCUT2D eigenvalue weighted by molar-refractivity contribution is 5.96. The molecule has 2 rings (SSSR count). The molecule has 0 bridgehead atoms. The van der Waals surface area contributed by atoms with Gasteiger partial charge in [-0.15, -0.1) is 0 Å². The molecule has 1 fully saturated rings. The van der Waals surface area contributed by atoms with E-state index in [0.717, 1.165) is 19.3 Å². The molecule has 1 atom stereocenters. The number of carboxylic acids is 1. The number of aromatic carboxylic acids is 1. The predicted octanol–water partition coefficient (Wildman–Crippen LogP) is 1.11. The summed E-state index contributed by atoms with van der Waals surface area (Å²) < 4.78 is 4.90. The van der Waals surface area contributed by atoms with Gasteiger partial charge in [0.1, 0.15) is 6.04 Å². The molecule has 0 radical (unpaired) electrons. The summed E-state index contributed by atoms with van der Waals surface area (Å²) in [7, 11) is 0. The smallest absolute Gasteiger partial charge is 0.371 e. The van der Waals surface area contributed by atoms with Crippen LogP contribution in [0.15, 0.2) is 16.5 Å². The van der Waals surface area contributed by atoms with E-state index in [2.05, 4.69) is 5.32 Å². The highest BCUT2D eigenvalue weighted by atomic mass is 16.4. The Kier molecular flexibility index (Phi) is 4.62. The summed E-state index contributed by atoms with van der Waals surface area (Å²) >= 11 is 0. The number of rotatable bonds is 4. The summed E-state index contributed by atoms with van der Waals surface area (Å²) in [6.45, 7) is 3.03. The van der Waals surface area contributed by atoms with Crippen LogP contribution < -0.4 is 5.32 Å². The number of furan rings is 1. The van der Waals surface area contributed by atoms with Gasteiger partial charge in [-0.1, -0.05) is 0 Å². The lowest BCUT2D eigenvalue weighted by molar-refractivity contribution is -0.133. The number of hydrogen-bond donors (Lipinski definition) is 2. The van der Waals surface area contributed by atoms with Crippen LogP contribution in [0.1, 0.15) is 47.3 Å². The second kappa shape index (κ2) is 6.43. The number of amides is 2. The van der Waals surface area contributed by atoms with Gasteiger partial charge in [-0.25, -0.2) is 4.79 Å². The summed E-state index contributed by atoms with van der Waals surface area (Å²) in [5.41, 5.74) is 0. The van der Waals surface area contributed by atoms with E-state index >= 15 is 0 Å². The third-order valence-corrected chi connectivity index (χ3v) is 3.43. The Labute approximate surface area is 121 Å². The molecular formula is C14H18N2O5. The quantitative estimate of drug-likeness (QED) is 0.866. The standard InChI is InChI=1S/C14H18N2O5/c1-9(13(18)16-7-3-2-4-8-16)15-12(17)10-5-6-11(21-10)14(19)20/h5-6,9H,2-4,7-8H2,1H3,(H,15,17)(H,19,20). The van der Waals surface area contributed by atoms with Gasteiger partial charge >= 0.3 is 5.97 Å². The van der Waals surface area contributed by atoms with Crippen LogP contribution in [0.25, 0.3) is 0 Å². The summed E-state index contributed by atoms with van der Waals surface area (Å²) in [6, 6.07) is 1.81. The van der Waals surface area contributed by atoms with Crippen molar-refractivity contribution in [3.05, 3.63) is 23.7 Å². The van der Waals surface area contributed by atoms with E-state index in [-0.39, 0.29) is 17.4 Å². The number of nitrogens with zero attached hydrogens (tertiary/aromatic N) is 1. The monoisotopic (exact) mass is 294 g/mol. The average Bonchev–Trinajstić information content (AvgIpc) is 2.97. The van der Waals surface area contributed by atoms with Gasteiger partial charge in [0.2, 0.25) is 11.7 Å². The summed E-state index contributed by atoms with van der Waals surface area (Å²) in [6.07, 6.45) is 3.08. The Bertz CT molecular complexity index is 545. The molecule has 7 heteroatoms. The van der Waals surface area contributed by atoms with E-state index in [0.29, 0.717) is 13.1 Å². The van der Waals surface area contributed by atoms with Crippen molar-refractivity contribution in [2.75, 3.05) is 13.1 Å². The molecule has 1 aliphatic heterocycles. The van der Waals surface area contributed by atoms with Gasteiger partial charge in [0.15, 0.2) is 5.76 Å². The first-order chi connectivity index (χ1) is 9.99. The molecular weight excluding hydrogens is 276 g/mol. The van der Waals surface area contributed by atoms with Crippen molar-refractivity contribution in [2.24, 2.45) is 0 Å². The molecule has 0 aliphatic carbocycles. The molecule has 1 aromatic rings. The average molecular weight is 294 g/mol. The van der Waals surface area contributed by atoms with Gasteiger partial charge in [-0.05, 0) is 38.3 Å². The van der Waals surface area contributed by atoms with E-state index in [1.54, 1.807) is 11.8 Å². The lowest BCUT2D eigenvalue weighted by Crippen LogP contribution is -2.48. The van der Waals surface area contributed by atoms with Crippen molar-refractivity contribution in [1.82, 2.24) is 10.2 Å². The Morgan fingerprint density at radius 3 is 2.38 bits per heavy atom. The van der Waals surface area contributed by atoms with Crippen molar-refractivity contribution in [2.45, 2.75) is 32.2 Å². The Hall–Kier alpha value is -2.31. The molecule has 2 heterocycles. The maximum atomic E-state index is 12.2. The van der Waals surface area contributed by atoms with Gasteiger partial charge in [-0.2, -0.15) is 0 Å². The molecule has 0 spiro atoms. The van der Waals surface area contributed by atoms with Crippen molar-refractivity contribution < 1.29 is 23.9 Å². The van der Waals surface area contributed by atoms with Gasteiger partial charge in [0.05, 0.1) is 0 Å². The number of carboxylic acid groups (broad SMARTS) is 1. The highest BCUT2D eigenvalue weighted by Gasteiger charge is 2.25. The van der Waals surface area contributed by atoms with Crippen LogP contribution in [0.5, 0.6) is 0 Å². The Balaban J connectivity index is 1.94. The van der Waals surface area contributed by atoms with Crippen LogP contribution in [-0.2, 0) is 4.79 Å². The molecule has 1 unspecified atom stereocenters. The molecule has 1 aliphatic rings. The van der Waals surface area contributed by atoms with Gasteiger partial charge in [0, 0.05) is 13.1 Å². The summed E-state index contributed by atoms with van der Waals surface area (Å²) in [5.74, 6) is -2.40. The largest absolute Gasteiger partial charge is 0.475 e. The van der Waals surface area contributed by atoms with Crippen LogP contribution in [0.3, 0.4) is 0 Å². The minimum Gasteiger partial charge on any atom is -0.475 e. The fourth-order valence-corrected chi connectivity index (χ4v) is 2.29. The van der Waals surface area contributed by atoms with E-state index in [1.165, 1.54) is 12.1 Å². The topological polar surface area (TPSA) is 99.9 Å². The molecule has 0 saturated carbocycles. The Morgan fingerprint density at radius 1 is 1.19 bits per heavy atom. The van der Waals surface area contributed by atoms with E-state index < -0.39 is 17.9 Å². The zero-order valence-electron chi connectivity index (χ0n) is 11.8. The first-order valence-corrected chi connectivity index (χ1v) is 6.92. The van der Waals surface area contributed by atoms with Crippen molar-refractivity contribution in [3.63, 3.8) is 0 Å². The fourth-order valence-electron chi connectivity index (χ4n) is 2.29. The van der Waals surface area contributed by atoms with Crippen LogP contribution in [-0.4, -0.2) is 46.9 Å².